The zero-order valence-corrected chi connectivity index (χ0v) is 16.8. The lowest BCUT2D eigenvalue weighted by Gasteiger charge is -2.31. The smallest absolute Gasteiger partial charge is 0.255 e. The van der Waals surface area contributed by atoms with Crippen molar-refractivity contribution in [3.63, 3.8) is 0 Å². The summed E-state index contributed by atoms with van der Waals surface area (Å²) >= 11 is 0. The van der Waals surface area contributed by atoms with Gasteiger partial charge < -0.3 is 14.5 Å². The Morgan fingerprint density at radius 1 is 1.14 bits per heavy atom. The second-order valence-electron chi connectivity index (χ2n) is 7.25. The van der Waals surface area contributed by atoms with Crippen molar-refractivity contribution < 1.29 is 14.3 Å². The first kappa shape index (κ1) is 19.2. The highest BCUT2D eigenvalue weighted by Crippen LogP contribution is 2.35. The molecule has 0 bridgehead atoms. The number of anilines is 2. The van der Waals surface area contributed by atoms with Crippen molar-refractivity contribution in [1.29, 1.82) is 0 Å². The van der Waals surface area contributed by atoms with E-state index in [1.165, 1.54) is 17.9 Å². The molecular weight excluding hydrogens is 370 g/mol. The summed E-state index contributed by atoms with van der Waals surface area (Å²) in [5, 5.41) is 0. The molecule has 0 N–H and O–H groups in total. The number of fused-ring (bicyclic) bond motifs is 1. The van der Waals surface area contributed by atoms with Gasteiger partial charge in [0, 0.05) is 51.2 Å². The van der Waals surface area contributed by atoms with E-state index in [0.29, 0.717) is 35.8 Å². The van der Waals surface area contributed by atoms with E-state index in [2.05, 4.69) is 9.98 Å². The molecule has 152 valence electrons. The number of hydrogen-bond acceptors (Lipinski definition) is 6. The average molecular weight is 395 g/mol. The fourth-order valence-electron chi connectivity index (χ4n) is 3.83. The second kappa shape index (κ2) is 8.06. The van der Waals surface area contributed by atoms with Gasteiger partial charge in [-0.05, 0) is 31.4 Å². The van der Waals surface area contributed by atoms with E-state index >= 15 is 0 Å². The van der Waals surface area contributed by atoms with E-state index in [-0.39, 0.29) is 11.8 Å². The van der Waals surface area contributed by atoms with Crippen LogP contribution in [0.4, 0.5) is 11.5 Å². The van der Waals surface area contributed by atoms with Crippen LogP contribution in [0.15, 0.2) is 35.6 Å². The van der Waals surface area contributed by atoms with Crippen LogP contribution < -0.4 is 15.1 Å². The normalized spacial score (nSPS) is 17.0. The van der Waals surface area contributed by atoms with E-state index < -0.39 is 0 Å². The number of amides is 1. The molecule has 2 aromatic heterocycles. The van der Waals surface area contributed by atoms with Crippen LogP contribution in [0, 0.1) is 0 Å². The Hall–Kier alpha value is -3.16. The summed E-state index contributed by atoms with van der Waals surface area (Å²) in [6.07, 6.45) is 6.61. The molecule has 1 saturated heterocycles. The Morgan fingerprint density at radius 3 is 2.66 bits per heavy atom. The first-order valence-electron chi connectivity index (χ1n) is 9.94. The Balaban J connectivity index is 1.65. The zero-order valence-electron chi connectivity index (χ0n) is 16.8. The lowest BCUT2D eigenvalue weighted by atomic mass is 10.1. The van der Waals surface area contributed by atoms with Crippen molar-refractivity contribution in [3.8, 4) is 5.75 Å². The number of ether oxygens (including phenoxy) is 1. The maximum Gasteiger partial charge on any atom is 0.255 e. The number of piperidine rings is 1. The van der Waals surface area contributed by atoms with E-state index in [0.717, 1.165) is 31.6 Å². The largest absolute Gasteiger partial charge is 0.488 e. The van der Waals surface area contributed by atoms with Gasteiger partial charge in [0.05, 0.1) is 12.1 Å². The Bertz CT molecular complexity index is 1010. The summed E-state index contributed by atoms with van der Waals surface area (Å²) in [5.41, 5.74) is 1.99. The number of aromatic nitrogens is 2. The maximum absolute atomic E-state index is 12.8. The molecule has 4 rings (SSSR count). The Labute approximate surface area is 169 Å². The number of rotatable bonds is 2. The number of pyridine rings is 2. The van der Waals surface area contributed by atoms with Crippen LogP contribution in [0.2, 0.25) is 0 Å². The highest BCUT2D eigenvalue weighted by Gasteiger charge is 2.25. The van der Waals surface area contributed by atoms with Crippen molar-refractivity contribution in [3.05, 3.63) is 41.6 Å². The summed E-state index contributed by atoms with van der Waals surface area (Å²) in [6, 6.07) is 5.50. The quantitative estimate of drug-likeness (QED) is 0.779. The molecule has 0 unspecified atom stereocenters. The van der Waals surface area contributed by atoms with Gasteiger partial charge in [-0.25, -0.2) is 4.98 Å². The van der Waals surface area contributed by atoms with Crippen LogP contribution in [0.5, 0.6) is 5.75 Å². The molecule has 0 atom stereocenters. The molecule has 0 radical (unpaired) electrons. The highest BCUT2D eigenvalue weighted by molar-refractivity contribution is 5.95. The topological polar surface area (TPSA) is 80.0 Å². The summed E-state index contributed by atoms with van der Waals surface area (Å²) in [4.78, 5) is 37.2. The van der Waals surface area contributed by atoms with Crippen molar-refractivity contribution >= 4 is 23.3 Å². The lowest BCUT2D eigenvalue weighted by molar-refractivity contribution is 0.0723. The molecule has 4 heterocycles. The highest BCUT2D eigenvalue weighted by atomic mass is 16.5. The van der Waals surface area contributed by atoms with Crippen LogP contribution in [-0.4, -0.2) is 59.6 Å². The molecule has 2 aliphatic rings. The average Bonchev–Trinajstić information content (AvgIpc) is 2.77. The van der Waals surface area contributed by atoms with E-state index in [4.69, 9.17) is 4.74 Å². The molecule has 8 heteroatoms. The van der Waals surface area contributed by atoms with Crippen molar-refractivity contribution in [1.82, 2.24) is 14.5 Å². The molecular formula is C21H25N5O3. The predicted octanol–water partition coefficient (Wildman–Crippen LogP) is 2.23. The van der Waals surface area contributed by atoms with Gasteiger partial charge in [-0.3, -0.25) is 19.1 Å². The molecule has 8 nitrogen and oxygen atoms in total. The van der Waals surface area contributed by atoms with Gasteiger partial charge in [0.1, 0.15) is 12.1 Å². The Kier molecular flexibility index (Phi) is 5.33. The molecule has 0 aliphatic carbocycles. The van der Waals surface area contributed by atoms with Crippen LogP contribution in [-0.2, 0) is 0 Å². The molecule has 29 heavy (non-hydrogen) atoms. The van der Waals surface area contributed by atoms with Gasteiger partial charge in [-0.2, -0.15) is 0 Å². The zero-order chi connectivity index (χ0) is 20.4. The standard InChI is InChI=1S/C21H25N5O3/c1-15(27)25-9-6-17(13-19(25)22-2)26-10-11-29-18-12-16(14-23-20(18)26)21(28)24-7-4-3-5-8-24/h6,9,12-14H,3-5,7-8,10-11H2,1-2H3/b22-19-. The third kappa shape index (κ3) is 3.74. The first-order chi connectivity index (χ1) is 14.1. The SMILES string of the molecule is C/N=c1/cc(N2CCOc3cc(C(=O)N4CCCCC4)cnc32)ccn1C(C)=O. The van der Waals surface area contributed by atoms with Crippen LogP contribution in [0.25, 0.3) is 0 Å². The molecule has 2 aliphatic heterocycles. The summed E-state index contributed by atoms with van der Waals surface area (Å²) in [7, 11) is 1.66. The van der Waals surface area contributed by atoms with Crippen LogP contribution in [0.1, 0.15) is 41.3 Å². The van der Waals surface area contributed by atoms with Gasteiger partial charge in [-0.15, -0.1) is 0 Å². The number of likely N-dealkylation sites (tertiary alicyclic amines) is 1. The third-order valence-electron chi connectivity index (χ3n) is 5.35. The molecule has 2 aromatic rings. The van der Waals surface area contributed by atoms with Gasteiger partial charge in [0.2, 0.25) is 5.91 Å². The van der Waals surface area contributed by atoms with Crippen molar-refractivity contribution in [2.24, 2.45) is 4.99 Å². The second-order valence-corrected chi connectivity index (χ2v) is 7.25. The van der Waals surface area contributed by atoms with E-state index in [9.17, 15) is 9.59 Å². The van der Waals surface area contributed by atoms with Crippen molar-refractivity contribution in [2.45, 2.75) is 26.2 Å². The summed E-state index contributed by atoms with van der Waals surface area (Å²) in [6.45, 7) is 4.20. The number of hydrogen-bond donors (Lipinski definition) is 0. The Morgan fingerprint density at radius 2 is 1.93 bits per heavy atom. The summed E-state index contributed by atoms with van der Waals surface area (Å²) in [5.74, 6) is 1.17. The van der Waals surface area contributed by atoms with Gasteiger partial charge in [0.15, 0.2) is 11.6 Å². The van der Waals surface area contributed by atoms with Crippen molar-refractivity contribution in [2.75, 3.05) is 38.2 Å². The van der Waals surface area contributed by atoms with Crippen LogP contribution >= 0.6 is 0 Å². The third-order valence-corrected chi connectivity index (χ3v) is 5.35. The predicted molar refractivity (Wildman–Crippen MR) is 109 cm³/mol. The van der Waals surface area contributed by atoms with E-state index in [1.54, 1.807) is 25.5 Å². The van der Waals surface area contributed by atoms with E-state index in [1.807, 2.05) is 21.9 Å². The monoisotopic (exact) mass is 395 g/mol. The molecule has 1 amide bonds. The van der Waals surface area contributed by atoms with Gasteiger partial charge >= 0.3 is 0 Å². The van der Waals surface area contributed by atoms with Crippen LogP contribution in [0.3, 0.4) is 0 Å². The minimum atomic E-state index is -0.0986. The fourth-order valence-corrected chi connectivity index (χ4v) is 3.83. The first-order valence-corrected chi connectivity index (χ1v) is 9.94. The minimum Gasteiger partial charge on any atom is -0.488 e. The fraction of sp³-hybridized carbons (Fsp3) is 0.429. The maximum atomic E-state index is 12.8. The van der Waals surface area contributed by atoms with Gasteiger partial charge in [0.25, 0.3) is 5.91 Å². The number of nitrogens with zero attached hydrogens (tertiary/aromatic N) is 5. The van der Waals surface area contributed by atoms with Gasteiger partial charge in [-0.1, -0.05) is 0 Å². The molecule has 0 aromatic carbocycles. The lowest BCUT2D eigenvalue weighted by Crippen LogP contribution is -2.36. The number of carbonyl (C=O) groups excluding carboxylic acids is 2. The minimum absolute atomic E-state index is 0.00926. The summed E-state index contributed by atoms with van der Waals surface area (Å²) < 4.78 is 7.31. The molecule has 0 saturated carbocycles. The molecule has 0 spiro atoms. The number of carbonyl (C=O) groups is 2. The molecule has 1 fully saturated rings.